The number of aromatic nitrogens is 1. The molecular weight excluding hydrogens is 306 g/mol. The molecule has 114 valence electrons. The summed E-state index contributed by atoms with van der Waals surface area (Å²) in [4.78, 5) is 15.4. The highest BCUT2D eigenvalue weighted by molar-refractivity contribution is 7.13. The van der Waals surface area contributed by atoms with Gasteiger partial charge in [0.25, 0.3) is 0 Å². The second-order valence-corrected chi connectivity index (χ2v) is 5.49. The van der Waals surface area contributed by atoms with Crippen LogP contribution in [0.1, 0.15) is 27.2 Å². The minimum Gasteiger partial charge on any atom is -0.478 e. The van der Waals surface area contributed by atoms with Crippen molar-refractivity contribution < 1.29 is 19.4 Å². The number of aryl methyl sites for hydroxylation is 1. The molecule has 2 heterocycles. The van der Waals surface area contributed by atoms with Crippen LogP contribution in [0.15, 0.2) is 22.6 Å². The van der Waals surface area contributed by atoms with Crippen molar-refractivity contribution in [3.05, 3.63) is 39.9 Å². The number of carboxylic acid groups (broad SMARTS) is 1. The van der Waals surface area contributed by atoms with Crippen LogP contribution in [-0.2, 0) is 11.3 Å². The van der Waals surface area contributed by atoms with E-state index < -0.39 is 5.97 Å². The first-order valence-corrected chi connectivity index (χ1v) is 7.33. The summed E-state index contributed by atoms with van der Waals surface area (Å²) >= 11 is 1.44. The molecule has 0 unspecified atom stereocenters. The molecule has 0 aliphatic carbocycles. The average molecular weight is 319 g/mol. The molecule has 0 atom stereocenters. The van der Waals surface area contributed by atoms with Gasteiger partial charge in [0.15, 0.2) is 6.79 Å². The van der Waals surface area contributed by atoms with Gasteiger partial charge in [-0.1, -0.05) is 0 Å². The van der Waals surface area contributed by atoms with E-state index in [1.165, 1.54) is 23.6 Å². The summed E-state index contributed by atoms with van der Waals surface area (Å²) in [5.41, 5.74) is 5.16. The van der Waals surface area contributed by atoms with E-state index in [0.717, 1.165) is 5.69 Å². The molecule has 1 aliphatic heterocycles. The molecule has 0 amide bonds. The maximum Gasteiger partial charge on any atom is 0.335 e. The molecule has 2 N–H and O–H groups in total. The Morgan fingerprint density at radius 2 is 2.41 bits per heavy atom. The normalized spacial score (nSPS) is 13.7. The number of hydrogen-bond donors (Lipinski definition) is 2. The average Bonchev–Trinajstić information content (AvgIpc) is 2.92. The van der Waals surface area contributed by atoms with E-state index in [-0.39, 0.29) is 12.4 Å². The number of benzene rings is 1. The zero-order valence-corrected chi connectivity index (χ0v) is 12.5. The summed E-state index contributed by atoms with van der Waals surface area (Å²) in [6, 6.07) is 3.07. The lowest BCUT2D eigenvalue weighted by Crippen LogP contribution is -2.14. The number of aromatic carboxylic acids is 1. The van der Waals surface area contributed by atoms with Gasteiger partial charge in [0.1, 0.15) is 5.75 Å². The van der Waals surface area contributed by atoms with Gasteiger partial charge in [-0.15, -0.1) is 11.3 Å². The van der Waals surface area contributed by atoms with E-state index in [0.29, 0.717) is 28.6 Å². The number of thiazole rings is 1. The molecule has 2 aromatic rings. The number of hydrazone groups is 1. The van der Waals surface area contributed by atoms with Gasteiger partial charge >= 0.3 is 5.97 Å². The Balaban J connectivity index is 1.88. The van der Waals surface area contributed by atoms with Crippen molar-refractivity contribution in [1.29, 1.82) is 0 Å². The molecular formula is C14H13N3O4S. The van der Waals surface area contributed by atoms with Crippen LogP contribution in [0.25, 0.3) is 0 Å². The van der Waals surface area contributed by atoms with Crippen molar-refractivity contribution in [3.8, 4) is 5.75 Å². The SMILES string of the molecule is Cc1csc(NN=Cc2cc(C(=O)O)cc3c2OCOC3)n1. The Morgan fingerprint density at radius 1 is 1.55 bits per heavy atom. The van der Waals surface area contributed by atoms with Gasteiger partial charge in [0, 0.05) is 16.5 Å². The highest BCUT2D eigenvalue weighted by Gasteiger charge is 2.18. The predicted octanol–water partition coefficient (Wildman–Crippen LogP) is 2.46. The second-order valence-electron chi connectivity index (χ2n) is 4.63. The zero-order valence-electron chi connectivity index (χ0n) is 11.7. The number of hydrogen-bond acceptors (Lipinski definition) is 7. The molecule has 22 heavy (non-hydrogen) atoms. The first kappa shape index (κ1) is 14.5. The van der Waals surface area contributed by atoms with Crippen molar-refractivity contribution in [1.82, 2.24) is 4.98 Å². The highest BCUT2D eigenvalue weighted by atomic mass is 32.1. The van der Waals surface area contributed by atoms with Crippen LogP contribution in [0.4, 0.5) is 5.13 Å². The fourth-order valence-corrected chi connectivity index (χ4v) is 2.67. The lowest BCUT2D eigenvalue weighted by atomic mass is 10.0. The summed E-state index contributed by atoms with van der Waals surface area (Å²) in [7, 11) is 0. The van der Waals surface area contributed by atoms with Crippen molar-refractivity contribution in [3.63, 3.8) is 0 Å². The van der Waals surface area contributed by atoms with Crippen molar-refractivity contribution >= 4 is 28.7 Å². The smallest absolute Gasteiger partial charge is 0.335 e. The minimum atomic E-state index is -1.01. The van der Waals surface area contributed by atoms with Gasteiger partial charge in [-0.3, -0.25) is 5.43 Å². The third kappa shape index (κ3) is 3.07. The number of nitrogens with one attached hydrogen (secondary N) is 1. The number of nitrogens with zero attached hydrogens (tertiary/aromatic N) is 2. The van der Waals surface area contributed by atoms with Gasteiger partial charge in [-0.05, 0) is 19.1 Å². The molecule has 8 heteroatoms. The standard InChI is InChI=1S/C14H13N3O4S/c1-8-6-22-14(16-8)17-15-4-10-2-9(13(18)19)3-11-5-20-7-21-12(10)11/h2-4,6H,5,7H2,1H3,(H,16,17)(H,18,19). The topological polar surface area (TPSA) is 93.0 Å². The largest absolute Gasteiger partial charge is 0.478 e. The predicted molar refractivity (Wildman–Crippen MR) is 81.8 cm³/mol. The van der Waals surface area contributed by atoms with E-state index >= 15 is 0 Å². The van der Waals surface area contributed by atoms with Crippen LogP contribution < -0.4 is 10.2 Å². The fourth-order valence-electron chi connectivity index (χ4n) is 2.03. The van der Waals surface area contributed by atoms with E-state index in [1.54, 1.807) is 6.07 Å². The maximum absolute atomic E-state index is 11.2. The van der Waals surface area contributed by atoms with Crippen LogP contribution in [0.5, 0.6) is 5.75 Å². The van der Waals surface area contributed by atoms with E-state index in [2.05, 4.69) is 15.5 Å². The Hall–Kier alpha value is -2.45. The van der Waals surface area contributed by atoms with Crippen molar-refractivity contribution in [2.45, 2.75) is 13.5 Å². The van der Waals surface area contributed by atoms with E-state index in [9.17, 15) is 4.79 Å². The van der Waals surface area contributed by atoms with Gasteiger partial charge in [-0.25, -0.2) is 9.78 Å². The third-order valence-electron chi connectivity index (χ3n) is 2.97. The van der Waals surface area contributed by atoms with Crippen LogP contribution in [0.3, 0.4) is 0 Å². The fraction of sp³-hybridized carbons (Fsp3) is 0.214. The maximum atomic E-state index is 11.2. The van der Waals surface area contributed by atoms with Crippen LogP contribution in [0, 0.1) is 6.92 Å². The van der Waals surface area contributed by atoms with Gasteiger partial charge in [0.05, 0.1) is 24.1 Å². The highest BCUT2D eigenvalue weighted by Crippen LogP contribution is 2.29. The van der Waals surface area contributed by atoms with Gasteiger partial charge in [0.2, 0.25) is 5.13 Å². The number of rotatable bonds is 4. The molecule has 1 aromatic heterocycles. The van der Waals surface area contributed by atoms with E-state index in [4.69, 9.17) is 14.6 Å². The molecule has 1 aliphatic rings. The Morgan fingerprint density at radius 3 is 3.14 bits per heavy atom. The lowest BCUT2D eigenvalue weighted by Gasteiger charge is -2.19. The second kappa shape index (κ2) is 6.12. The Labute approximate surface area is 130 Å². The number of ether oxygens (including phenoxy) is 2. The van der Waals surface area contributed by atoms with Crippen molar-refractivity contribution in [2.24, 2.45) is 5.10 Å². The molecule has 0 radical (unpaired) electrons. The summed E-state index contributed by atoms with van der Waals surface area (Å²) in [6.07, 6.45) is 1.52. The van der Waals surface area contributed by atoms with E-state index in [1.807, 2.05) is 12.3 Å². The molecule has 0 fully saturated rings. The monoisotopic (exact) mass is 319 g/mol. The minimum absolute atomic E-state index is 0.138. The number of anilines is 1. The van der Waals surface area contributed by atoms with Crippen LogP contribution in [-0.4, -0.2) is 29.1 Å². The van der Waals surface area contributed by atoms with Crippen LogP contribution >= 0.6 is 11.3 Å². The number of carbonyl (C=O) groups is 1. The summed E-state index contributed by atoms with van der Waals surface area (Å²) in [6.45, 7) is 2.35. The first-order chi connectivity index (χ1) is 10.6. The third-order valence-corrected chi connectivity index (χ3v) is 3.83. The number of fused-ring (bicyclic) bond motifs is 1. The molecule has 0 saturated heterocycles. The lowest BCUT2D eigenvalue weighted by molar-refractivity contribution is -0.0165. The summed E-state index contributed by atoms with van der Waals surface area (Å²) in [5.74, 6) is -0.413. The first-order valence-electron chi connectivity index (χ1n) is 6.45. The quantitative estimate of drug-likeness (QED) is 0.664. The molecule has 0 bridgehead atoms. The molecule has 3 rings (SSSR count). The number of carboxylic acids is 1. The van der Waals surface area contributed by atoms with Gasteiger partial charge < -0.3 is 14.6 Å². The summed E-state index contributed by atoms with van der Waals surface area (Å²) in [5, 5.41) is 15.8. The zero-order chi connectivity index (χ0) is 15.5. The molecule has 0 spiro atoms. The molecule has 0 saturated carbocycles. The summed E-state index contributed by atoms with van der Waals surface area (Å²) < 4.78 is 10.6. The molecule has 7 nitrogen and oxygen atoms in total. The molecule has 1 aromatic carbocycles. The Bertz CT molecular complexity index is 742. The Kier molecular flexibility index (Phi) is 4.03. The van der Waals surface area contributed by atoms with Crippen molar-refractivity contribution in [2.75, 3.05) is 12.2 Å². The van der Waals surface area contributed by atoms with Crippen LogP contribution in [0.2, 0.25) is 0 Å². The van der Waals surface area contributed by atoms with Gasteiger partial charge in [-0.2, -0.15) is 5.10 Å².